The molecule has 3 heterocycles. The maximum Gasteiger partial charge on any atom is 0.419 e. The summed E-state index contributed by atoms with van der Waals surface area (Å²) < 4.78 is 34.0. The molecule has 1 N–H and O–H groups in total. The van der Waals surface area contributed by atoms with E-state index in [2.05, 4.69) is 5.32 Å². The van der Waals surface area contributed by atoms with Crippen LogP contribution in [0.1, 0.15) is 12.8 Å². The van der Waals surface area contributed by atoms with Gasteiger partial charge in [0.1, 0.15) is 4.21 Å². The number of carbonyl (C=O) groups is 1. The van der Waals surface area contributed by atoms with Crippen LogP contribution < -0.4 is 11.1 Å². The van der Waals surface area contributed by atoms with Crippen molar-refractivity contribution in [3.8, 4) is 0 Å². The normalized spacial score (nSPS) is 16.1. The first kappa shape index (κ1) is 22.7. The Bertz CT molecular complexity index is 1250. The number of fused-ring (bicyclic) bond motifs is 1. The van der Waals surface area contributed by atoms with Crippen LogP contribution in [0.3, 0.4) is 0 Å². The molecule has 1 amide bonds. The first-order valence-electron chi connectivity index (χ1n) is 10.4. The number of hydrogen-bond acceptors (Lipinski definition) is 7. The average Bonchev–Trinajstić information content (AvgIpc) is 3.40. The van der Waals surface area contributed by atoms with Gasteiger partial charge in [0.05, 0.1) is 5.52 Å². The van der Waals surface area contributed by atoms with Crippen molar-refractivity contribution in [2.75, 3.05) is 39.0 Å². The van der Waals surface area contributed by atoms with Gasteiger partial charge in [-0.05, 0) is 56.6 Å². The zero-order valence-corrected chi connectivity index (χ0v) is 19.6. The predicted molar refractivity (Wildman–Crippen MR) is 123 cm³/mol. The second-order valence-electron chi connectivity index (χ2n) is 8.11. The van der Waals surface area contributed by atoms with Gasteiger partial charge in [0.2, 0.25) is 5.91 Å². The number of nitrogens with one attached hydrogen (secondary N) is 1. The molecule has 9 nitrogen and oxygen atoms in total. The number of anilines is 1. The first-order chi connectivity index (χ1) is 15.3. The van der Waals surface area contributed by atoms with Crippen molar-refractivity contribution in [1.29, 1.82) is 0 Å². The van der Waals surface area contributed by atoms with Gasteiger partial charge in [-0.2, -0.15) is 4.31 Å². The number of nitrogens with zero attached hydrogens (tertiary/aromatic N) is 3. The monoisotopic (exact) mass is 478 g/mol. The van der Waals surface area contributed by atoms with Crippen molar-refractivity contribution in [1.82, 2.24) is 13.8 Å². The van der Waals surface area contributed by atoms with Gasteiger partial charge in [0.25, 0.3) is 10.0 Å². The molecule has 1 saturated heterocycles. The number of oxazole rings is 1. The number of thiophene rings is 1. The largest absolute Gasteiger partial charge is 0.419 e. The Balaban J connectivity index is 1.42. The van der Waals surface area contributed by atoms with Crippen LogP contribution in [0.5, 0.6) is 0 Å². The number of aromatic nitrogens is 1. The molecule has 0 unspecified atom stereocenters. The van der Waals surface area contributed by atoms with Gasteiger partial charge in [-0.3, -0.25) is 9.36 Å². The van der Waals surface area contributed by atoms with Gasteiger partial charge in [-0.15, -0.1) is 11.3 Å². The maximum absolute atomic E-state index is 12.8. The van der Waals surface area contributed by atoms with Gasteiger partial charge < -0.3 is 14.6 Å². The molecule has 172 valence electrons. The highest BCUT2D eigenvalue weighted by atomic mass is 32.2. The van der Waals surface area contributed by atoms with Crippen molar-refractivity contribution < 1.29 is 17.6 Å². The molecule has 0 atom stereocenters. The molecule has 3 aromatic rings. The van der Waals surface area contributed by atoms with Gasteiger partial charge in [0.15, 0.2) is 5.58 Å². The van der Waals surface area contributed by atoms with Crippen LogP contribution in [0, 0.1) is 5.92 Å². The molecule has 0 radical (unpaired) electrons. The summed E-state index contributed by atoms with van der Waals surface area (Å²) in [5.74, 6) is -0.853. The number of likely N-dealkylation sites (N-methyl/N-ethyl adjacent to an activating group) is 1. The summed E-state index contributed by atoms with van der Waals surface area (Å²) in [4.78, 5) is 27.0. The number of amides is 1. The Morgan fingerprint density at radius 3 is 2.66 bits per heavy atom. The molecule has 0 spiro atoms. The summed E-state index contributed by atoms with van der Waals surface area (Å²) in [6, 6.07) is 8.44. The standard InChI is InChI=1S/C21H26N4O5S2/c1-23(2)11-12-25-17-14-16(5-6-18(17)30-21(25)27)22-20(26)15-7-9-24(10-8-15)32(28,29)19-4-3-13-31-19/h3-6,13-15H,7-12H2,1-2H3,(H,22,26). The molecule has 1 aromatic carbocycles. The SMILES string of the molecule is CN(C)CCn1c(=O)oc2ccc(NC(=O)C3CCN(S(=O)(=O)c4cccs4)CC3)cc21. The third kappa shape index (κ3) is 4.65. The van der Waals surface area contributed by atoms with Crippen molar-refractivity contribution in [2.45, 2.75) is 23.6 Å². The highest BCUT2D eigenvalue weighted by Gasteiger charge is 2.32. The van der Waals surface area contributed by atoms with E-state index in [0.717, 1.165) is 0 Å². The van der Waals surface area contributed by atoms with Crippen LogP contribution in [0.4, 0.5) is 5.69 Å². The highest BCUT2D eigenvalue weighted by Crippen LogP contribution is 2.27. The number of hydrogen-bond donors (Lipinski definition) is 1. The number of benzene rings is 1. The molecule has 4 rings (SSSR count). The van der Waals surface area contributed by atoms with E-state index in [4.69, 9.17) is 4.42 Å². The Morgan fingerprint density at radius 2 is 2.00 bits per heavy atom. The summed E-state index contributed by atoms with van der Waals surface area (Å²) in [6.07, 6.45) is 0.913. The van der Waals surface area contributed by atoms with Gasteiger partial charge in [-0.1, -0.05) is 6.07 Å². The van der Waals surface area contributed by atoms with E-state index in [0.29, 0.717) is 60.0 Å². The van der Waals surface area contributed by atoms with E-state index < -0.39 is 15.8 Å². The summed E-state index contributed by atoms with van der Waals surface area (Å²) in [6.45, 7) is 1.78. The fraction of sp³-hybridized carbons (Fsp3) is 0.429. The summed E-state index contributed by atoms with van der Waals surface area (Å²) >= 11 is 1.20. The molecule has 0 saturated carbocycles. The second-order valence-corrected chi connectivity index (χ2v) is 11.2. The third-order valence-electron chi connectivity index (χ3n) is 5.62. The Hall–Kier alpha value is -2.47. The minimum absolute atomic E-state index is 0.150. The summed E-state index contributed by atoms with van der Waals surface area (Å²) in [5, 5.41) is 4.65. The van der Waals surface area contributed by atoms with Crippen molar-refractivity contribution >= 4 is 44.1 Å². The third-order valence-corrected chi connectivity index (χ3v) is 8.89. The van der Waals surface area contributed by atoms with Gasteiger partial charge in [-0.25, -0.2) is 13.2 Å². The molecule has 0 aliphatic carbocycles. The van der Waals surface area contributed by atoms with E-state index in [9.17, 15) is 18.0 Å². The van der Waals surface area contributed by atoms with Gasteiger partial charge in [0, 0.05) is 37.8 Å². The van der Waals surface area contributed by atoms with Crippen LogP contribution in [0.15, 0.2) is 49.1 Å². The summed E-state index contributed by atoms with van der Waals surface area (Å²) in [7, 11) is 0.362. The number of sulfonamides is 1. The first-order valence-corrected chi connectivity index (χ1v) is 12.7. The lowest BCUT2D eigenvalue weighted by Crippen LogP contribution is -2.41. The quantitative estimate of drug-likeness (QED) is 0.559. The van der Waals surface area contributed by atoms with Crippen molar-refractivity contribution in [3.63, 3.8) is 0 Å². The molecule has 32 heavy (non-hydrogen) atoms. The zero-order valence-electron chi connectivity index (χ0n) is 18.0. The number of carbonyl (C=O) groups excluding carboxylic acids is 1. The molecule has 1 aliphatic rings. The van der Waals surface area contributed by atoms with Gasteiger partial charge >= 0.3 is 5.76 Å². The minimum Gasteiger partial charge on any atom is -0.408 e. The fourth-order valence-electron chi connectivity index (χ4n) is 3.79. The molecule has 1 aliphatic heterocycles. The van der Waals surface area contributed by atoms with E-state index in [-0.39, 0.29) is 11.8 Å². The van der Waals surface area contributed by atoms with Crippen LogP contribution in [0.25, 0.3) is 11.1 Å². The highest BCUT2D eigenvalue weighted by molar-refractivity contribution is 7.91. The molecule has 11 heteroatoms. The fourth-order valence-corrected chi connectivity index (χ4v) is 6.41. The lowest BCUT2D eigenvalue weighted by atomic mass is 9.97. The predicted octanol–water partition coefficient (Wildman–Crippen LogP) is 2.26. The Morgan fingerprint density at radius 1 is 1.25 bits per heavy atom. The van der Waals surface area contributed by atoms with Crippen molar-refractivity contribution in [3.05, 3.63) is 46.3 Å². The molecular formula is C21H26N4O5S2. The molecular weight excluding hydrogens is 452 g/mol. The molecule has 2 aromatic heterocycles. The summed E-state index contributed by atoms with van der Waals surface area (Å²) in [5.41, 5.74) is 1.68. The average molecular weight is 479 g/mol. The van der Waals surface area contributed by atoms with Crippen LogP contribution in [0.2, 0.25) is 0 Å². The van der Waals surface area contributed by atoms with E-state index >= 15 is 0 Å². The lowest BCUT2D eigenvalue weighted by molar-refractivity contribution is -0.120. The Kier molecular flexibility index (Phi) is 6.52. The molecule has 1 fully saturated rings. The van der Waals surface area contributed by atoms with Crippen LogP contribution in [-0.4, -0.2) is 61.8 Å². The van der Waals surface area contributed by atoms with E-state index in [1.54, 1.807) is 40.3 Å². The smallest absolute Gasteiger partial charge is 0.408 e. The minimum atomic E-state index is -3.49. The van der Waals surface area contributed by atoms with E-state index in [1.807, 2.05) is 19.0 Å². The van der Waals surface area contributed by atoms with E-state index in [1.165, 1.54) is 15.6 Å². The second kappa shape index (κ2) is 9.18. The van der Waals surface area contributed by atoms with Crippen LogP contribution >= 0.6 is 11.3 Å². The zero-order chi connectivity index (χ0) is 22.9. The Labute approximate surface area is 190 Å². The lowest BCUT2D eigenvalue weighted by Gasteiger charge is -2.30. The maximum atomic E-state index is 12.8. The topological polar surface area (TPSA) is 105 Å². The molecule has 0 bridgehead atoms. The number of piperidine rings is 1. The van der Waals surface area contributed by atoms with Crippen molar-refractivity contribution in [2.24, 2.45) is 5.92 Å². The number of rotatable bonds is 7. The van der Waals surface area contributed by atoms with Crippen LogP contribution in [-0.2, 0) is 21.4 Å².